The third-order valence-corrected chi connectivity index (χ3v) is 4.90. The molecule has 0 saturated heterocycles. The normalized spacial score (nSPS) is 11.9. The van der Waals surface area contributed by atoms with Crippen LogP contribution in [-0.4, -0.2) is 44.5 Å². The number of carbonyl (C=O) groups excluding carboxylic acids is 1. The van der Waals surface area contributed by atoms with Crippen molar-refractivity contribution >= 4 is 15.9 Å². The van der Waals surface area contributed by atoms with Gasteiger partial charge in [0.1, 0.15) is 0 Å². The van der Waals surface area contributed by atoms with Crippen LogP contribution in [0.3, 0.4) is 0 Å². The Bertz CT molecular complexity index is 595. The van der Waals surface area contributed by atoms with Crippen molar-refractivity contribution in [3.05, 3.63) is 35.4 Å². The van der Waals surface area contributed by atoms with Crippen LogP contribution in [0.25, 0.3) is 0 Å². The van der Waals surface area contributed by atoms with Gasteiger partial charge in [-0.2, -0.15) is 0 Å². The Hall–Kier alpha value is -1.40. The number of rotatable bonds is 9. The molecule has 0 aliphatic rings. The van der Waals surface area contributed by atoms with Crippen LogP contribution in [0.1, 0.15) is 31.4 Å². The lowest BCUT2D eigenvalue weighted by molar-refractivity contribution is -0.120. The van der Waals surface area contributed by atoms with Gasteiger partial charge >= 0.3 is 0 Å². The molecule has 0 spiro atoms. The predicted octanol–water partition coefficient (Wildman–Crippen LogP) is 1.96. The molecular formula is C17H28N2O3S. The third kappa shape index (κ3) is 8.13. The second-order valence-electron chi connectivity index (χ2n) is 6.36. The first-order valence-corrected chi connectivity index (χ1v) is 9.80. The van der Waals surface area contributed by atoms with Gasteiger partial charge in [-0.3, -0.25) is 4.79 Å². The number of nitrogens with zero attached hydrogens (tertiary/aromatic N) is 1. The van der Waals surface area contributed by atoms with Gasteiger partial charge in [0.2, 0.25) is 15.9 Å². The summed E-state index contributed by atoms with van der Waals surface area (Å²) in [7, 11) is -3.24. The van der Waals surface area contributed by atoms with Crippen molar-refractivity contribution in [3.63, 3.8) is 0 Å². The van der Waals surface area contributed by atoms with Gasteiger partial charge in [0.25, 0.3) is 0 Å². The number of sulfonamides is 1. The quantitative estimate of drug-likeness (QED) is 0.747. The molecule has 1 amide bonds. The van der Waals surface area contributed by atoms with Crippen molar-refractivity contribution in [2.45, 2.75) is 33.6 Å². The predicted molar refractivity (Wildman–Crippen MR) is 93.8 cm³/mol. The number of aryl methyl sites for hydroxylation is 1. The minimum atomic E-state index is -3.24. The number of hydrogen-bond acceptors (Lipinski definition) is 3. The molecular weight excluding hydrogens is 312 g/mol. The molecule has 0 aliphatic carbocycles. The SMILES string of the molecule is Cc1ccc(CC(=O)NCCN(CCC(C)C)S(C)(=O)=O)cc1. The zero-order valence-corrected chi connectivity index (χ0v) is 15.3. The summed E-state index contributed by atoms with van der Waals surface area (Å²) in [5.41, 5.74) is 2.11. The van der Waals surface area contributed by atoms with Crippen LogP contribution in [0, 0.1) is 12.8 Å². The highest BCUT2D eigenvalue weighted by atomic mass is 32.2. The fourth-order valence-corrected chi connectivity index (χ4v) is 2.98. The van der Waals surface area contributed by atoms with E-state index in [1.165, 1.54) is 10.6 Å². The van der Waals surface area contributed by atoms with E-state index in [1.54, 1.807) is 0 Å². The van der Waals surface area contributed by atoms with E-state index in [-0.39, 0.29) is 5.91 Å². The van der Waals surface area contributed by atoms with E-state index in [0.29, 0.717) is 32.0 Å². The molecule has 0 bridgehead atoms. The van der Waals surface area contributed by atoms with E-state index in [9.17, 15) is 13.2 Å². The smallest absolute Gasteiger partial charge is 0.224 e. The average Bonchev–Trinajstić information content (AvgIpc) is 2.43. The summed E-state index contributed by atoms with van der Waals surface area (Å²) in [6.45, 7) is 7.25. The molecule has 1 aromatic carbocycles. The Labute approximate surface area is 140 Å². The van der Waals surface area contributed by atoms with Gasteiger partial charge in [0.05, 0.1) is 12.7 Å². The maximum absolute atomic E-state index is 11.9. The van der Waals surface area contributed by atoms with Gasteiger partial charge in [0.15, 0.2) is 0 Å². The number of benzene rings is 1. The fourth-order valence-electron chi connectivity index (χ4n) is 2.12. The highest BCUT2D eigenvalue weighted by molar-refractivity contribution is 7.88. The lowest BCUT2D eigenvalue weighted by Gasteiger charge is -2.21. The standard InChI is InChI=1S/C17H28N2O3S/c1-14(2)9-11-19(23(4,21)22)12-10-18-17(20)13-16-7-5-15(3)6-8-16/h5-8,14H,9-13H2,1-4H3,(H,18,20). The molecule has 0 atom stereocenters. The van der Waals surface area contributed by atoms with Crippen molar-refractivity contribution in [1.29, 1.82) is 0 Å². The van der Waals surface area contributed by atoms with E-state index in [4.69, 9.17) is 0 Å². The minimum Gasteiger partial charge on any atom is -0.354 e. The Balaban J connectivity index is 2.42. The monoisotopic (exact) mass is 340 g/mol. The summed E-state index contributed by atoms with van der Waals surface area (Å²) >= 11 is 0. The third-order valence-electron chi connectivity index (χ3n) is 3.59. The van der Waals surface area contributed by atoms with Crippen LogP contribution in [0.2, 0.25) is 0 Å². The summed E-state index contributed by atoms with van der Waals surface area (Å²) < 4.78 is 24.9. The molecule has 0 fully saturated rings. The molecule has 0 saturated carbocycles. The van der Waals surface area contributed by atoms with Crippen LogP contribution in [0.15, 0.2) is 24.3 Å². The molecule has 1 rings (SSSR count). The maximum Gasteiger partial charge on any atom is 0.224 e. The average molecular weight is 340 g/mol. The number of nitrogens with one attached hydrogen (secondary N) is 1. The summed E-state index contributed by atoms with van der Waals surface area (Å²) in [6.07, 6.45) is 2.33. The lowest BCUT2D eigenvalue weighted by Crippen LogP contribution is -2.39. The summed E-state index contributed by atoms with van der Waals surface area (Å²) in [5.74, 6) is 0.349. The van der Waals surface area contributed by atoms with Gasteiger partial charge in [-0.1, -0.05) is 43.7 Å². The molecule has 1 N–H and O–H groups in total. The zero-order valence-electron chi connectivity index (χ0n) is 14.5. The van der Waals surface area contributed by atoms with Crippen molar-refractivity contribution in [2.24, 2.45) is 5.92 Å². The number of hydrogen-bond donors (Lipinski definition) is 1. The molecule has 0 radical (unpaired) electrons. The first kappa shape index (κ1) is 19.6. The number of carbonyl (C=O) groups is 1. The maximum atomic E-state index is 11.9. The van der Waals surface area contributed by atoms with Crippen LogP contribution < -0.4 is 5.32 Å². The lowest BCUT2D eigenvalue weighted by atomic mass is 10.1. The second kappa shape index (κ2) is 9.03. The second-order valence-corrected chi connectivity index (χ2v) is 8.34. The van der Waals surface area contributed by atoms with E-state index in [0.717, 1.165) is 17.5 Å². The van der Waals surface area contributed by atoms with E-state index < -0.39 is 10.0 Å². The molecule has 6 heteroatoms. The van der Waals surface area contributed by atoms with Gasteiger partial charge in [-0.05, 0) is 24.8 Å². The molecule has 5 nitrogen and oxygen atoms in total. The molecule has 0 aromatic heterocycles. The van der Waals surface area contributed by atoms with Gasteiger partial charge in [-0.25, -0.2) is 12.7 Å². The van der Waals surface area contributed by atoms with Crippen molar-refractivity contribution in [1.82, 2.24) is 9.62 Å². The Morgan fingerprint density at radius 2 is 1.78 bits per heavy atom. The van der Waals surface area contributed by atoms with Gasteiger partial charge < -0.3 is 5.32 Å². The van der Waals surface area contributed by atoms with Crippen LogP contribution in [0.4, 0.5) is 0 Å². The highest BCUT2D eigenvalue weighted by Crippen LogP contribution is 2.06. The highest BCUT2D eigenvalue weighted by Gasteiger charge is 2.16. The topological polar surface area (TPSA) is 66.5 Å². The first-order valence-electron chi connectivity index (χ1n) is 7.96. The minimum absolute atomic E-state index is 0.0915. The van der Waals surface area contributed by atoms with Crippen molar-refractivity contribution < 1.29 is 13.2 Å². The Kier molecular flexibility index (Phi) is 7.72. The largest absolute Gasteiger partial charge is 0.354 e. The molecule has 0 heterocycles. The molecule has 0 aliphatic heterocycles. The summed E-state index contributed by atoms with van der Waals surface area (Å²) in [4.78, 5) is 11.9. The van der Waals surface area contributed by atoms with Crippen LogP contribution >= 0.6 is 0 Å². The zero-order chi connectivity index (χ0) is 17.5. The van der Waals surface area contributed by atoms with E-state index in [1.807, 2.05) is 31.2 Å². The van der Waals surface area contributed by atoms with Crippen molar-refractivity contribution in [3.8, 4) is 0 Å². The number of amides is 1. The van der Waals surface area contributed by atoms with Gasteiger partial charge in [0, 0.05) is 19.6 Å². The first-order chi connectivity index (χ1) is 10.7. The molecule has 0 unspecified atom stereocenters. The summed E-state index contributed by atoms with van der Waals surface area (Å²) in [5, 5.41) is 2.79. The van der Waals surface area contributed by atoms with Gasteiger partial charge in [-0.15, -0.1) is 0 Å². The van der Waals surface area contributed by atoms with Crippen molar-refractivity contribution in [2.75, 3.05) is 25.9 Å². The van der Waals surface area contributed by atoms with Crippen LogP contribution in [-0.2, 0) is 21.2 Å². The fraction of sp³-hybridized carbons (Fsp3) is 0.588. The molecule has 23 heavy (non-hydrogen) atoms. The molecule has 130 valence electrons. The molecule has 1 aromatic rings. The summed E-state index contributed by atoms with van der Waals surface area (Å²) in [6, 6.07) is 7.81. The van der Waals surface area contributed by atoms with Crippen LogP contribution in [0.5, 0.6) is 0 Å². The van der Waals surface area contributed by atoms with E-state index >= 15 is 0 Å². The Morgan fingerprint density at radius 1 is 1.17 bits per heavy atom. The van der Waals surface area contributed by atoms with E-state index in [2.05, 4.69) is 19.2 Å². The Morgan fingerprint density at radius 3 is 2.30 bits per heavy atom.